The lowest BCUT2D eigenvalue weighted by molar-refractivity contribution is -0.114. The van der Waals surface area contributed by atoms with E-state index in [1.54, 1.807) is 19.4 Å². The topological polar surface area (TPSA) is 86.5 Å². The first-order valence-electron chi connectivity index (χ1n) is 11.7. The van der Waals surface area contributed by atoms with Gasteiger partial charge in [-0.05, 0) is 70.3 Å². The Balaban J connectivity index is 1.55. The summed E-state index contributed by atoms with van der Waals surface area (Å²) in [6.45, 7) is 6.68. The monoisotopic (exact) mass is 436 g/mol. The van der Waals surface area contributed by atoms with Gasteiger partial charge in [-0.2, -0.15) is 5.26 Å². The molecule has 0 unspecified atom stereocenters. The lowest BCUT2D eigenvalue weighted by Crippen LogP contribution is -2.43. The summed E-state index contributed by atoms with van der Waals surface area (Å²) in [5, 5.41) is 9.77. The van der Waals surface area contributed by atoms with E-state index in [0.29, 0.717) is 30.9 Å². The van der Waals surface area contributed by atoms with Crippen LogP contribution in [0.4, 0.5) is 0 Å². The van der Waals surface area contributed by atoms with Crippen LogP contribution in [0.1, 0.15) is 67.1 Å². The molecule has 170 valence electrons. The van der Waals surface area contributed by atoms with Crippen molar-refractivity contribution >= 4 is 17.3 Å². The minimum Gasteiger partial charge on any atom is -0.378 e. The highest BCUT2D eigenvalue weighted by Gasteiger charge is 2.35. The molecule has 0 amide bonds. The molecule has 32 heavy (non-hydrogen) atoms. The molecule has 4 rings (SSSR count). The van der Waals surface area contributed by atoms with Crippen LogP contribution in [0, 0.1) is 11.3 Å². The molecule has 0 N–H and O–H groups in total. The number of ketones is 2. The summed E-state index contributed by atoms with van der Waals surface area (Å²) in [5.74, 6) is -0.158. The van der Waals surface area contributed by atoms with Crippen LogP contribution in [0.5, 0.6) is 0 Å². The van der Waals surface area contributed by atoms with Gasteiger partial charge >= 0.3 is 0 Å². The smallest absolute Gasteiger partial charge is 0.181 e. The van der Waals surface area contributed by atoms with Crippen LogP contribution in [-0.2, 0) is 16.0 Å². The SMILES string of the molecule is COC1(C)CCN(C2=C(C#N)C(=O)Cc3cnc(C(=O)CCCN4CCCC4)cc32)CC1. The molecular weight excluding hydrogens is 404 g/mol. The van der Waals surface area contributed by atoms with Crippen molar-refractivity contribution in [1.29, 1.82) is 5.26 Å². The second-order valence-electron chi connectivity index (χ2n) is 9.38. The highest BCUT2D eigenvalue weighted by Crippen LogP contribution is 2.36. The first kappa shape index (κ1) is 22.6. The van der Waals surface area contributed by atoms with Gasteiger partial charge in [0, 0.05) is 44.8 Å². The van der Waals surface area contributed by atoms with Gasteiger partial charge in [0.1, 0.15) is 17.3 Å². The van der Waals surface area contributed by atoms with Gasteiger partial charge in [0.2, 0.25) is 0 Å². The molecule has 2 aliphatic heterocycles. The molecule has 7 heteroatoms. The molecule has 1 aromatic heterocycles. The average molecular weight is 437 g/mol. The number of allylic oxidation sites excluding steroid dienone is 1. The largest absolute Gasteiger partial charge is 0.378 e. The maximum atomic E-state index is 12.9. The fourth-order valence-corrected chi connectivity index (χ4v) is 4.97. The normalized spacial score (nSPS) is 20.9. The number of piperidine rings is 1. The Morgan fingerprint density at radius 1 is 1.25 bits per heavy atom. The van der Waals surface area contributed by atoms with Crippen molar-refractivity contribution in [1.82, 2.24) is 14.8 Å². The maximum absolute atomic E-state index is 12.9. The molecule has 0 bridgehead atoms. The number of carbonyl (C=O) groups excluding carboxylic acids is 2. The Morgan fingerprint density at radius 3 is 2.62 bits per heavy atom. The third kappa shape index (κ3) is 4.62. The number of likely N-dealkylation sites (tertiary alicyclic amines) is 2. The Hall–Kier alpha value is -2.56. The molecule has 1 aliphatic carbocycles. The predicted molar refractivity (Wildman–Crippen MR) is 121 cm³/mol. The van der Waals surface area contributed by atoms with Crippen LogP contribution in [0.3, 0.4) is 0 Å². The molecular formula is C25H32N4O3. The minimum atomic E-state index is -0.194. The summed E-state index contributed by atoms with van der Waals surface area (Å²) in [6, 6.07) is 3.94. The molecule has 0 radical (unpaired) electrons. The standard InChI is InChI=1S/C25H32N4O3/c1-25(32-2)7-12-29(13-8-25)24-19-15-21(22(30)6-5-11-28-9-3-4-10-28)27-17-18(19)14-23(31)20(24)16-26/h15,17H,3-14H2,1-2H3. The van der Waals surface area contributed by atoms with Gasteiger partial charge in [0.15, 0.2) is 11.6 Å². The molecule has 3 aliphatic rings. The van der Waals surface area contributed by atoms with E-state index in [2.05, 4.69) is 27.8 Å². The number of nitriles is 1. The lowest BCUT2D eigenvalue weighted by atomic mass is 9.86. The number of rotatable bonds is 7. The van der Waals surface area contributed by atoms with E-state index in [9.17, 15) is 14.9 Å². The van der Waals surface area contributed by atoms with E-state index >= 15 is 0 Å². The summed E-state index contributed by atoms with van der Waals surface area (Å²) in [6.07, 6.45) is 7.20. The molecule has 3 heterocycles. The van der Waals surface area contributed by atoms with Gasteiger partial charge in [-0.15, -0.1) is 0 Å². The highest BCUT2D eigenvalue weighted by molar-refractivity contribution is 6.10. The van der Waals surface area contributed by atoms with Crippen molar-refractivity contribution in [3.8, 4) is 6.07 Å². The Bertz CT molecular complexity index is 964. The number of Topliss-reactive ketones (excluding diaryl/α,β-unsaturated/α-hetero) is 2. The fourth-order valence-electron chi connectivity index (χ4n) is 4.97. The summed E-state index contributed by atoms with van der Waals surface area (Å²) < 4.78 is 5.65. The van der Waals surface area contributed by atoms with E-state index in [-0.39, 0.29) is 29.2 Å². The molecule has 0 aromatic carbocycles. The molecule has 0 atom stereocenters. The molecule has 0 saturated carbocycles. The number of ether oxygens (including phenoxy) is 1. The zero-order valence-corrected chi connectivity index (χ0v) is 19.2. The molecule has 0 spiro atoms. The second-order valence-corrected chi connectivity index (χ2v) is 9.38. The Morgan fingerprint density at radius 2 is 1.97 bits per heavy atom. The number of nitrogens with zero attached hydrogens (tertiary/aromatic N) is 4. The first-order chi connectivity index (χ1) is 15.4. The first-order valence-corrected chi connectivity index (χ1v) is 11.7. The number of hydrogen-bond donors (Lipinski definition) is 0. The van der Waals surface area contributed by atoms with Crippen molar-refractivity contribution in [2.45, 2.75) is 57.5 Å². The summed E-state index contributed by atoms with van der Waals surface area (Å²) in [4.78, 5) is 34.4. The second kappa shape index (κ2) is 9.51. The van der Waals surface area contributed by atoms with Crippen molar-refractivity contribution in [3.63, 3.8) is 0 Å². The number of pyridine rings is 1. The van der Waals surface area contributed by atoms with Crippen LogP contribution in [0.15, 0.2) is 17.8 Å². The van der Waals surface area contributed by atoms with Crippen molar-refractivity contribution in [3.05, 3.63) is 34.7 Å². The molecule has 2 saturated heterocycles. The zero-order valence-electron chi connectivity index (χ0n) is 19.2. The molecule has 1 aromatic rings. The highest BCUT2D eigenvalue weighted by atomic mass is 16.5. The summed E-state index contributed by atoms with van der Waals surface area (Å²) >= 11 is 0. The number of carbonyl (C=O) groups is 2. The Labute approximate surface area is 190 Å². The van der Waals surface area contributed by atoms with E-state index in [1.165, 1.54) is 12.8 Å². The third-order valence-electron chi connectivity index (χ3n) is 7.21. The van der Waals surface area contributed by atoms with E-state index in [4.69, 9.17) is 4.74 Å². The molecule has 2 fully saturated rings. The van der Waals surface area contributed by atoms with Crippen molar-refractivity contribution in [2.75, 3.05) is 39.8 Å². The van der Waals surface area contributed by atoms with Crippen LogP contribution in [-0.4, -0.2) is 71.8 Å². The Kier molecular flexibility index (Phi) is 6.73. The van der Waals surface area contributed by atoms with Crippen LogP contribution >= 0.6 is 0 Å². The summed E-state index contributed by atoms with van der Waals surface area (Å²) in [5.41, 5.74) is 2.67. The van der Waals surface area contributed by atoms with Gasteiger partial charge < -0.3 is 14.5 Å². The number of fused-ring (bicyclic) bond motifs is 1. The lowest BCUT2D eigenvalue weighted by Gasteiger charge is -2.41. The van der Waals surface area contributed by atoms with Gasteiger partial charge in [0.05, 0.1) is 11.3 Å². The van der Waals surface area contributed by atoms with Gasteiger partial charge in [-0.3, -0.25) is 14.6 Å². The number of hydrogen-bond acceptors (Lipinski definition) is 7. The number of methoxy groups -OCH3 is 1. The predicted octanol–water partition coefficient (Wildman–Crippen LogP) is 3.00. The minimum absolute atomic E-state index is 0.0207. The number of aromatic nitrogens is 1. The van der Waals surface area contributed by atoms with E-state index in [1.807, 2.05) is 0 Å². The third-order valence-corrected chi connectivity index (χ3v) is 7.21. The van der Waals surface area contributed by atoms with E-state index in [0.717, 1.165) is 50.0 Å². The van der Waals surface area contributed by atoms with E-state index < -0.39 is 0 Å². The summed E-state index contributed by atoms with van der Waals surface area (Å²) in [7, 11) is 1.72. The van der Waals surface area contributed by atoms with Crippen LogP contribution < -0.4 is 0 Å². The van der Waals surface area contributed by atoms with Crippen LogP contribution in [0.25, 0.3) is 5.70 Å². The maximum Gasteiger partial charge on any atom is 0.181 e. The molecule has 7 nitrogen and oxygen atoms in total. The van der Waals surface area contributed by atoms with Crippen molar-refractivity contribution in [2.24, 2.45) is 0 Å². The van der Waals surface area contributed by atoms with Gasteiger partial charge in [0.25, 0.3) is 0 Å². The average Bonchev–Trinajstić information content (AvgIpc) is 3.32. The van der Waals surface area contributed by atoms with Crippen molar-refractivity contribution < 1.29 is 14.3 Å². The quantitative estimate of drug-likeness (QED) is 0.607. The zero-order chi connectivity index (χ0) is 22.7. The van der Waals surface area contributed by atoms with Gasteiger partial charge in [-0.25, -0.2) is 0 Å². The van der Waals surface area contributed by atoms with Gasteiger partial charge in [-0.1, -0.05) is 0 Å². The fraction of sp³-hybridized carbons (Fsp3) is 0.600. The van der Waals surface area contributed by atoms with Crippen LogP contribution in [0.2, 0.25) is 0 Å².